The number of hydrogen-bond acceptors (Lipinski definition) is 7. The van der Waals surface area contributed by atoms with Crippen LogP contribution in [0, 0.1) is 5.92 Å². The molecule has 2 aromatic carbocycles. The van der Waals surface area contributed by atoms with E-state index in [1.54, 1.807) is 42.9 Å². The Balaban J connectivity index is 1.47. The summed E-state index contributed by atoms with van der Waals surface area (Å²) < 4.78 is 4.93. The molecule has 2 heterocycles. The molecule has 0 N–H and O–H groups in total. The zero-order valence-electron chi connectivity index (χ0n) is 21.2. The summed E-state index contributed by atoms with van der Waals surface area (Å²) in [6.45, 7) is 0.504. The van der Waals surface area contributed by atoms with E-state index in [2.05, 4.69) is 15.0 Å². The maximum atomic E-state index is 12.9. The van der Waals surface area contributed by atoms with Crippen LogP contribution in [0.4, 0.5) is 11.6 Å². The van der Waals surface area contributed by atoms with Crippen molar-refractivity contribution in [1.29, 1.82) is 0 Å². The van der Waals surface area contributed by atoms with E-state index in [1.807, 2.05) is 59.5 Å². The van der Waals surface area contributed by atoms with Gasteiger partial charge in [-0.1, -0.05) is 59.6 Å². The topological polar surface area (TPSA) is 85.3 Å². The molecule has 1 atom stereocenters. The Kier molecular flexibility index (Phi) is 9.78. The molecular weight excluding hydrogens is 535 g/mol. The molecule has 0 saturated heterocycles. The summed E-state index contributed by atoms with van der Waals surface area (Å²) in [5.41, 5.74) is 2.93. The smallest absolute Gasteiger partial charge is 0.309 e. The number of rotatable bonds is 11. The number of esters is 1. The molecule has 0 fully saturated rings. The number of allylic oxidation sites excluding steroid dienone is 1. The van der Waals surface area contributed by atoms with E-state index in [0.29, 0.717) is 18.9 Å². The van der Waals surface area contributed by atoms with Gasteiger partial charge in [0.1, 0.15) is 0 Å². The summed E-state index contributed by atoms with van der Waals surface area (Å²) in [5.74, 6) is -0.889. The zero-order valence-corrected chi connectivity index (χ0v) is 22.7. The number of carbonyl (C=O) groups excluding carboxylic acids is 2. The first-order valence-electron chi connectivity index (χ1n) is 12.2. The third-order valence-corrected chi connectivity index (χ3v) is 6.61. The van der Waals surface area contributed by atoms with Gasteiger partial charge < -0.3 is 9.64 Å². The van der Waals surface area contributed by atoms with Crippen molar-refractivity contribution in [2.24, 2.45) is 5.92 Å². The average Bonchev–Trinajstić information content (AvgIpc) is 2.96. The van der Waals surface area contributed by atoms with Gasteiger partial charge in [-0.15, -0.1) is 0 Å². The highest BCUT2D eigenvalue weighted by atomic mass is 35.5. The molecule has 0 aliphatic heterocycles. The number of pyridine rings is 1. The van der Waals surface area contributed by atoms with Crippen LogP contribution in [0.25, 0.3) is 6.08 Å². The van der Waals surface area contributed by atoms with E-state index >= 15 is 0 Å². The van der Waals surface area contributed by atoms with Gasteiger partial charge in [-0.3, -0.25) is 14.6 Å². The number of carbonyl (C=O) groups is 2. The molecule has 0 radical (unpaired) electrons. The highest BCUT2D eigenvalue weighted by Crippen LogP contribution is 2.28. The molecule has 4 rings (SSSR count). The van der Waals surface area contributed by atoms with E-state index in [9.17, 15) is 9.59 Å². The van der Waals surface area contributed by atoms with Crippen molar-refractivity contribution in [1.82, 2.24) is 15.0 Å². The fourth-order valence-corrected chi connectivity index (χ4v) is 4.62. The molecule has 2 aromatic heterocycles. The van der Waals surface area contributed by atoms with Crippen LogP contribution in [0.5, 0.6) is 0 Å². The lowest BCUT2D eigenvalue weighted by Gasteiger charge is -2.22. The van der Waals surface area contributed by atoms with Crippen LogP contribution in [0.15, 0.2) is 91.4 Å². The second kappa shape index (κ2) is 13.6. The third-order valence-electron chi connectivity index (χ3n) is 5.98. The minimum absolute atomic E-state index is 0.0705. The van der Waals surface area contributed by atoms with Gasteiger partial charge in [0.2, 0.25) is 5.95 Å². The molecule has 39 heavy (non-hydrogen) atoms. The molecule has 198 valence electrons. The lowest BCUT2D eigenvalue weighted by molar-refractivity contribution is -0.145. The molecule has 0 spiro atoms. The van der Waals surface area contributed by atoms with E-state index < -0.39 is 11.9 Å². The van der Waals surface area contributed by atoms with Crippen LogP contribution >= 0.6 is 23.2 Å². The predicted molar refractivity (Wildman–Crippen MR) is 153 cm³/mol. The minimum Gasteiger partial charge on any atom is -0.469 e. The molecule has 7 nitrogen and oxygen atoms in total. The van der Waals surface area contributed by atoms with E-state index in [-0.39, 0.29) is 27.8 Å². The molecule has 4 aromatic rings. The standard InChI is InChI=1S/C30H26Cl2N4O3/c1-39-29(38)22(19-27(37)28-25(31)10-5-11-26(28)32)8-4-7-21-12-14-24(15-13-21)36(30-34-17-6-18-35-30)20-23-9-2-3-16-33-23/h2-7,9-18,22H,8,19-20H2,1H3/b7-4+. The van der Waals surface area contributed by atoms with E-state index in [4.69, 9.17) is 27.9 Å². The van der Waals surface area contributed by atoms with Crippen molar-refractivity contribution < 1.29 is 14.3 Å². The Bertz CT molecular complexity index is 1410. The normalized spacial score (nSPS) is 11.8. The van der Waals surface area contributed by atoms with Crippen LogP contribution in [0.3, 0.4) is 0 Å². The highest BCUT2D eigenvalue weighted by Gasteiger charge is 2.24. The lowest BCUT2D eigenvalue weighted by atomic mass is 9.95. The SMILES string of the molecule is COC(=O)C(C/C=C/c1ccc(N(Cc2ccccn2)c2ncccn2)cc1)CC(=O)c1c(Cl)cccc1Cl. The number of ketones is 1. The summed E-state index contributed by atoms with van der Waals surface area (Å²) in [4.78, 5) is 40.5. The van der Waals surface area contributed by atoms with Crippen LogP contribution in [0.1, 0.15) is 34.5 Å². The minimum atomic E-state index is -0.672. The number of halogens is 2. The van der Waals surface area contributed by atoms with Gasteiger partial charge in [-0.25, -0.2) is 9.97 Å². The largest absolute Gasteiger partial charge is 0.469 e. The Morgan fingerprint density at radius 2 is 1.59 bits per heavy atom. The number of nitrogens with zero attached hydrogens (tertiary/aromatic N) is 4. The maximum absolute atomic E-state index is 12.9. The molecule has 0 saturated carbocycles. The number of methoxy groups -OCH3 is 1. The Labute approximate surface area is 237 Å². The van der Waals surface area contributed by atoms with Crippen molar-refractivity contribution in [2.75, 3.05) is 12.0 Å². The van der Waals surface area contributed by atoms with E-state index in [1.165, 1.54) is 7.11 Å². The maximum Gasteiger partial charge on any atom is 0.309 e. The van der Waals surface area contributed by atoms with Crippen molar-refractivity contribution >= 4 is 52.7 Å². The average molecular weight is 561 g/mol. The van der Waals surface area contributed by atoms with Crippen LogP contribution in [0.2, 0.25) is 10.0 Å². The fraction of sp³-hybridized carbons (Fsp3) is 0.167. The van der Waals surface area contributed by atoms with Crippen molar-refractivity contribution in [2.45, 2.75) is 19.4 Å². The number of Topliss-reactive ketones (excluding diaryl/α,β-unsaturated/α-hetero) is 1. The molecule has 0 aliphatic rings. The molecule has 1 unspecified atom stereocenters. The quantitative estimate of drug-likeness (QED) is 0.144. The van der Waals surface area contributed by atoms with Gasteiger partial charge in [0.25, 0.3) is 0 Å². The molecule has 9 heteroatoms. The van der Waals surface area contributed by atoms with Crippen LogP contribution in [-0.4, -0.2) is 33.8 Å². The second-order valence-corrected chi connectivity index (χ2v) is 9.44. The first-order chi connectivity index (χ1) is 19.0. The van der Waals surface area contributed by atoms with Gasteiger partial charge in [0.15, 0.2) is 5.78 Å². The molecular formula is C30H26Cl2N4O3. The zero-order chi connectivity index (χ0) is 27.6. The Morgan fingerprint density at radius 1 is 0.897 bits per heavy atom. The number of anilines is 2. The summed E-state index contributed by atoms with van der Waals surface area (Å²) in [6, 6.07) is 20.3. The van der Waals surface area contributed by atoms with Crippen molar-refractivity contribution in [3.63, 3.8) is 0 Å². The number of hydrogen-bond donors (Lipinski definition) is 0. The highest BCUT2D eigenvalue weighted by molar-refractivity contribution is 6.39. The fourth-order valence-electron chi connectivity index (χ4n) is 4.02. The lowest BCUT2D eigenvalue weighted by Crippen LogP contribution is -2.20. The summed E-state index contributed by atoms with van der Waals surface area (Å²) in [7, 11) is 1.30. The van der Waals surface area contributed by atoms with Gasteiger partial charge in [0.05, 0.1) is 40.9 Å². The second-order valence-electron chi connectivity index (χ2n) is 8.63. The van der Waals surface area contributed by atoms with Gasteiger partial charge in [-0.2, -0.15) is 0 Å². The summed E-state index contributed by atoms with van der Waals surface area (Å²) in [6.07, 6.45) is 9.15. The van der Waals surface area contributed by atoms with E-state index in [0.717, 1.165) is 16.9 Å². The van der Waals surface area contributed by atoms with Gasteiger partial charge in [0, 0.05) is 30.7 Å². The number of benzene rings is 2. The summed E-state index contributed by atoms with van der Waals surface area (Å²) in [5, 5.41) is 0.509. The predicted octanol–water partition coefficient (Wildman–Crippen LogP) is 6.98. The monoisotopic (exact) mass is 560 g/mol. The van der Waals surface area contributed by atoms with Crippen molar-refractivity contribution in [3.05, 3.63) is 118 Å². The number of ether oxygens (including phenoxy) is 1. The Morgan fingerprint density at radius 3 is 2.23 bits per heavy atom. The first kappa shape index (κ1) is 28.0. The molecule has 0 aliphatic carbocycles. The van der Waals surface area contributed by atoms with Crippen molar-refractivity contribution in [3.8, 4) is 0 Å². The summed E-state index contributed by atoms with van der Waals surface area (Å²) >= 11 is 12.3. The Hall–Kier alpha value is -4.07. The molecule has 0 amide bonds. The van der Waals surface area contributed by atoms with Gasteiger partial charge >= 0.3 is 5.97 Å². The number of aromatic nitrogens is 3. The van der Waals surface area contributed by atoms with Crippen LogP contribution < -0.4 is 4.90 Å². The molecule has 0 bridgehead atoms. The first-order valence-corrected chi connectivity index (χ1v) is 13.0. The van der Waals surface area contributed by atoms with Gasteiger partial charge in [-0.05, 0) is 54.4 Å². The third kappa shape index (κ3) is 7.50. The van der Waals surface area contributed by atoms with Crippen LogP contribution in [-0.2, 0) is 16.1 Å².